The third-order valence-electron chi connectivity index (χ3n) is 0.759. The maximum atomic E-state index is 10.4. The monoisotopic (exact) mass is 128 g/mol. The van der Waals surface area contributed by atoms with Gasteiger partial charge in [0.25, 0.3) is 0 Å². The lowest BCUT2D eigenvalue weighted by molar-refractivity contribution is 0.262. The molecule has 42 valence electrons. The Kier molecular flexibility index (Phi) is 1.40. The van der Waals surface area contributed by atoms with Crippen LogP contribution in [-0.4, -0.2) is 15.2 Å². The van der Waals surface area contributed by atoms with E-state index in [1.54, 1.807) is 12.4 Å². The molecule has 0 saturated carbocycles. The fourth-order valence-corrected chi connectivity index (χ4v) is 0.542. The summed E-state index contributed by atoms with van der Waals surface area (Å²) in [5, 5.41) is 0. The molecule has 1 rings (SSSR count). The molecule has 8 heavy (non-hydrogen) atoms. The van der Waals surface area contributed by atoms with E-state index in [0.29, 0.717) is 0 Å². The fourth-order valence-electron chi connectivity index (χ4n) is 0.389. The van der Waals surface area contributed by atoms with Crippen LogP contribution in [0.15, 0.2) is 18.7 Å². The highest BCUT2D eigenvalue weighted by atomic mass is 31.0. The number of aromatic nitrogens is 2. The first-order valence-electron chi connectivity index (χ1n) is 2.08. The summed E-state index contributed by atoms with van der Waals surface area (Å²) in [5.74, 6) is 0. The molecule has 4 heteroatoms. The summed E-state index contributed by atoms with van der Waals surface area (Å²) in [6, 6.07) is 0. The van der Waals surface area contributed by atoms with Gasteiger partial charge >= 0.3 is 0 Å². The Labute approximate surface area is 48.9 Å². The van der Waals surface area contributed by atoms with E-state index in [1.807, 2.05) is 9.24 Å². The van der Waals surface area contributed by atoms with Crippen molar-refractivity contribution in [1.29, 1.82) is 0 Å². The van der Waals surface area contributed by atoms with Gasteiger partial charge in [-0.25, -0.2) is 4.98 Å². The van der Waals surface area contributed by atoms with Gasteiger partial charge in [0.15, 0.2) is 0 Å². The predicted molar refractivity (Wildman–Crippen MR) is 32.7 cm³/mol. The molecule has 0 N–H and O–H groups in total. The highest BCUT2D eigenvalue weighted by Crippen LogP contribution is 1.92. The first kappa shape index (κ1) is 5.45. The van der Waals surface area contributed by atoms with Crippen LogP contribution >= 0.6 is 9.24 Å². The van der Waals surface area contributed by atoms with Gasteiger partial charge in [-0.3, -0.25) is 9.36 Å². The average Bonchev–Trinajstić information content (AvgIpc) is 2.12. The third kappa shape index (κ3) is 0.928. The molecule has 1 unspecified atom stereocenters. The van der Waals surface area contributed by atoms with Crippen LogP contribution in [0.5, 0.6) is 0 Å². The number of rotatable bonds is 0. The van der Waals surface area contributed by atoms with Gasteiger partial charge in [0.1, 0.15) is 6.33 Å². The molecule has 0 aromatic carbocycles. The van der Waals surface area contributed by atoms with E-state index in [2.05, 4.69) is 4.98 Å². The maximum absolute atomic E-state index is 10.4. The third-order valence-corrected chi connectivity index (χ3v) is 1.06. The van der Waals surface area contributed by atoms with Crippen molar-refractivity contribution >= 4 is 14.9 Å². The first-order valence-corrected chi connectivity index (χ1v) is 2.66. The zero-order valence-corrected chi connectivity index (χ0v) is 5.27. The molecule has 1 heterocycles. The molecular formula is C4H5N2OP. The van der Waals surface area contributed by atoms with Crippen molar-refractivity contribution in [2.45, 2.75) is 0 Å². The van der Waals surface area contributed by atoms with Gasteiger partial charge in [0, 0.05) is 12.4 Å². The fraction of sp³-hybridized carbons (Fsp3) is 0. The Bertz CT molecular complexity index is 182. The minimum Gasteiger partial charge on any atom is -0.273 e. The molecule has 0 aliphatic carbocycles. The number of carbonyl (C=O) groups excluding carboxylic acids is 1. The van der Waals surface area contributed by atoms with E-state index in [-0.39, 0.29) is 5.65 Å². The van der Waals surface area contributed by atoms with Gasteiger partial charge in [-0.15, -0.1) is 0 Å². The summed E-state index contributed by atoms with van der Waals surface area (Å²) in [6.07, 6.45) is 4.60. The van der Waals surface area contributed by atoms with Crippen molar-refractivity contribution in [3.63, 3.8) is 0 Å². The van der Waals surface area contributed by atoms with Gasteiger partial charge in [-0.2, -0.15) is 0 Å². The molecule has 0 aliphatic heterocycles. The zero-order valence-electron chi connectivity index (χ0n) is 4.11. The van der Waals surface area contributed by atoms with Crippen LogP contribution in [-0.2, 0) is 0 Å². The number of nitrogens with zero attached hydrogens (tertiary/aromatic N) is 2. The summed E-state index contributed by atoms with van der Waals surface area (Å²) in [5.41, 5.74) is -0.0949. The van der Waals surface area contributed by atoms with Gasteiger partial charge < -0.3 is 0 Å². The lowest BCUT2D eigenvalue weighted by Gasteiger charge is -1.87. The lowest BCUT2D eigenvalue weighted by Crippen LogP contribution is -1.95. The predicted octanol–water partition coefficient (Wildman–Crippen LogP) is 0.726. The van der Waals surface area contributed by atoms with Gasteiger partial charge in [-0.05, 0) is 9.24 Å². The maximum Gasteiger partial charge on any atom is 0.246 e. The van der Waals surface area contributed by atoms with E-state index >= 15 is 0 Å². The standard InChI is InChI=1S/C4H5N2OP/c7-4(8)6-2-1-5-3-6/h1-3H,8H2. The van der Waals surface area contributed by atoms with E-state index in [9.17, 15) is 4.79 Å². The van der Waals surface area contributed by atoms with Gasteiger partial charge in [0.2, 0.25) is 5.65 Å². The average molecular weight is 128 g/mol. The lowest BCUT2D eigenvalue weighted by atomic mass is 10.9. The van der Waals surface area contributed by atoms with Crippen LogP contribution in [0.1, 0.15) is 0 Å². The van der Waals surface area contributed by atoms with Crippen LogP contribution < -0.4 is 0 Å². The van der Waals surface area contributed by atoms with Crippen LogP contribution in [0.2, 0.25) is 0 Å². The summed E-state index contributed by atoms with van der Waals surface area (Å²) in [6.45, 7) is 0. The van der Waals surface area contributed by atoms with Crippen molar-refractivity contribution in [2.75, 3.05) is 0 Å². The highest BCUT2D eigenvalue weighted by Gasteiger charge is 1.90. The molecular weight excluding hydrogens is 123 g/mol. The van der Waals surface area contributed by atoms with E-state index in [0.717, 1.165) is 0 Å². The molecule has 0 aliphatic rings. The Morgan fingerprint density at radius 2 is 2.50 bits per heavy atom. The molecule has 0 saturated heterocycles. The molecule has 1 aromatic rings. The van der Waals surface area contributed by atoms with Crippen LogP contribution in [0, 0.1) is 0 Å². The van der Waals surface area contributed by atoms with Gasteiger partial charge in [0.05, 0.1) is 0 Å². The Hall–Kier alpha value is -0.690. The van der Waals surface area contributed by atoms with Gasteiger partial charge in [-0.1, -0.05) is 0 Å². The normalized spacial score (nSPS) is 9.12. The van der Waals surface area contributed by atoms with Crippen LogP contribution in [0.4, 0.5) is 4.79 Å². The molecule has 0 bridgehead atoms. The Balaban J connectivity index is 2.93. The van der Waals surface area contributed by atoms with E-state index < -0.39 is 0 Å². The van der Waals surface area contributed by atoms with E-state index in [1.165, 1.54) is 10.9 Å². The Morgan fingerprint density at radius 3 is 2.75 bits per heavy atom. The molecule has 1 atom stereocenters. The first-order chi connectivity index (χ1) is 3.80. The van der Waals surface area contributed by atoms with Crippen molar-refractivity contribution in [2.24, 2.45) is 0 Å². The van der Waals surface area contributed by atoms with Crippen molar-refractivity contribution in [3.8, 4) is 0 Å². The largest absolute Gasteiger partial charge is 0.273 e. The van der Waals surface area contributed by atoms with Crippen molar-refractivity contribution < 1.29 is 4.79 Å². The summed E-state index contributed by atoms with van der Waals surface area (Å²) >= 11 is 0. The summed E-state index contributed by atoms with van der Waals surface area (Å²) in [4.78, 5) is 14.1. The second-order valence-electron chi connectivity index (χ2n) is 1.31. The molecule has 1 aromatic heterocycles. The van der Waals surface area contributed by atoms with Crippen LogP contribution in [0.25, 0.3) is 0 Å². The molecule has 3 nitrogen and oxygen atoms in total. The van der Waals surface area contributed by atoms with Crippen LogP contribution in [0.3, 0.4) is 0 Å². The van der Waals surface area contributed by atoms with Crippen molar-refractivity contribution in [1.82, 2.24) is 9.55 Å². The second-order valence-corrected chi connectivity index (χ2v) is 1.80. The zero-order chi connectivity index (χ0) is 5.98. The number of hydrogen-bond acceptors (Lipinski definition) is 2. The molecule has 0 radical (unpaired) electrons. The molecule has 0 fully saturated rings. The molecule has 0 amide bonds. The Morgan fingerprint density at radius 1 is 1.75 bits per heavy atom. The second kappa shape index (κ2) is 2.05. The smallest absolute Gasteiger partial charge is 0.246 e. The quantitative estimate of drug-likeness (QED) is 0.482. The summed E-state index contributed by atoms with van der Waals surface area (Å²) in [7, 11) is 2.05. The van der Waals surface area contributed by atoms with E-state index in [4.69, 9.17) is 0 Å². The topological polar surface area (TPSA) is 34.9 Å². The highest BCUT2D eigenvalue weighted by molar-refractivity contribution is 7.39. The SMILES string of the molecule is O=C(P)n1ccnc1. The minimum absolute atomic E-state index is 0.0949. The number of imidazole rings is 1. The number of carbonyl (C=O) groups is 1. The summed E-state index contributed by atoms with van der Waals surface area (Å²) < 4.78 is 1.38. The molecule has 0 spiro atoms. The van der Waals surface area contributed by atoms with Crippen molar-refractivity contribution in [3.05, 3.63) is 18.7 Å². The minimum atomic E-state index is -0.0949. The number of hydrogen-bond donors (Lipinski definition) is 0.